The summed E-state index contributed by atoms with van der Waals surface area (Å²) < 4.78 is 5.16. The van der Waals surface area contributed by atoms with Crippen LogP contribution in [0.15, 0.2) is 6.33 Å². The predicted octanol–water partition coefficient (Wildman–Crippen LogP) is 1.04. The van der Waals surface area contributed by atoms with Crippen LogP contribution in [0.3, 0.4) is 0 Å². The zero-order valence-corrected chi connectivity index (χ0v) is 7.87. The van der Waals surface area contributed by atoms with Crippen molar-refractivity contribution in [1.29, 1.82) is 0 Å². The molecule has 13 heavy (non-hydrogen) atoms. The maximum Gasteiger partial charge on any atom is 0.220 e. The van der Waals surface area contributed by atoms with Crippen molar-refractivity contribution in [1.82, 2.24) is 15.3 Å². The molecule has 4 nitrogen and oxygen atoms in total. The van der Waals surface area contributed by atoms with Gasteiger partial charge in [-0.1, -0.05) is 6.92 Å². The Labute approximate surface area is 77.4 Å². The third kappa shape index (κ3) is 1.27. The highest BCUT2D eigenvalue weighted by atomic mass is 16.5. The zero-order valence-electron chi connectivity index (χ0n) is 7.87. The summed E-state index contributed by atoms with van der Waals surface area (Å²) in [5, 5.41) is 3.36. The van der Waals surface area contributed by atoms with E-state index in [1.807, 2.05) is 0 Å². The van der Waals surface area contributed by atoms with Gasteiger partial charge in [0, 0.05) is 6.54 Å². The summed E-state index contributed by atoms with van der Waals surface area (Å²) in [4.78, 5) is 8.33. The Bertz CT molecular complexity index is 314. The number of ether oxygens (including phenoxy) is 1. The van der Waals surface area contributed by atoms with Gasteiger partial charge in [0.1, 0.15) is 6.33 Å². The molecule has 4 heteroatoms. The highest BCUT2D eigenvalue weighted by Crippen LogP contribution is 2.29. The molecule has 70 valence electrons. The monoisotopic (exact) mass is 179 g/mol. The molecule has 0 saturated heterocycles. The molecule has 1 unspecified atom stereocenters. The molecule has 0 spiro atoms. The number of fused-ring (bicyclic) bond motifs is 1. The molecule has 0 fully saturated rings. The molecule has 1 aromatic heterocycles. The normalized spacial score (nSPS) is 20.0. The van der Waals surface area contributed by atoms with Crippen molar-refractivity contribution in [3.63, 3.8) is 0 Å². The molecule has 1 aliphatic rings. The molecule has 2 rings (SSSR count). The summed E-state index contributed by atoms with van der Waals surface area (Å²) in [6, 6.07) is 0.367. The van der Waals surface area contributed by atoms with Crippen LogP contribution in [0, 0.1) is 0 Å². The average molecular weight is 179 g/mol. The lowest BCUT2D eigenvalue weighted by atomic mass is 10.1. The van der Waals surface area contributed by atoms with Gasteiger partial charge in [-0.05, 0) is 6.42 Å². The smallest absolute Gasteiger partial charge is 0.220 e. The van der Waals surface area contributed by atoms with Crippen LogP contribution in [0.25, 0.3) is 0 Å². The van der Waals surface area contributed by atoms with Crippen molar-refractivity contribution in [3.05, 3.63) is 17.6 Å². The fraction of sp³-hybridized carbons (Fsp3) is 0.556. The van der Waals surface area contributed by atoms with Gasteiger partial charge in [0.25, 0.3) is 0 Å². The fourth-order valence-corrected chi connectivity index (χ4v) is 1.71. The molecule has 2 heterocycles. The quantitative estimate of drug-likeness (QED) is 0.736. The van der Waals surface area contributed by atoms with Gasteiger partial charge < -0.3 is 10.1 Å². The van der Waals surface area contributed by atoms with E-state index >= 15 is 0 Å². The van der Waals surface area contributed by atoms with Gasteiger partial charge >= 0.3 is 0 Å². The van der Waals surface area contributed by atoms with Crippen LogP contribution in [0.1, 0.15) is 30.6 Å². The molecule has 0 aliphatic carbocycles. The zero-order chi connectivity index (χ0) is 9.26. The lowest BCUT2D eigenvalue weighted by molar-refractivity contribution is 0.391. The van der Waals surface area contributed by atoms with Crippen molar-refractivity contribution in [3.8, 4) is 5.88 Å². The highest BCUT2D eigenvalue weighted by molar-refractivity contribution is 5.35. The number of methoxy groups -OCH3 is 1. The Morgan fingerprint density at radius 1 is 1.62 bits per heavy atom. The van der Waals surface area contributed by atoms with Crippen LogP contribution in [-0.2, 0) is 6.54 Å². The van der Waals surface area contributed by atoms with Crippen molar-refractivity contribution >= 4 is 0 Å². The summed E-state index contributed by atoms with van der Waals surface area (Å²) in [6.07, 6.45) is 2.61. The second kappa shape index (κ2) is 3.30. The first kappa shape index (κ1) is 8.44. The number of hydrogen-bond acceptors (Lipinski definition) is 4. The third-order valence-electron chi connectivity index (χ3n) is 2.40. The largest absolute Gasteiger partial charge is 0.481 e. The predicted molar refractivity (Wildman–Crippen MR) is 48.5 cm³/mol. The third-order valence-corrected chi connectivity index (χ3v) is 2.40. The van der Waals surface area contributed by atoms with Crippen LogP contribution < -0.4 is 10.1 Å². The van der Waals surface area contributed by atoms with E-state index in [4.69, 9.17) is 4.74 Å². The minimum atomic E-state index is 0.367. The van der Waals surface area contributed by atoms with Gasteiger partial charge in [-0.15, -0.1) is 0 Å². The van der Waals surface area contributed by atoms with Crippen molar-refractivity contribution in [2.45, 2.75) is 25.9 Å². The van der Waals surface area contributed by atoms with Gasteiger partial charge in [0.05, 0.1) is 24.4 Å². The van der Waals surface area contributed by atoms with E-state index in [1.54, 1.807) is 13.4 Å². The second-order valence-corrected chi connectivity index (χ2v) is 3.09. The summed E-state index contributed by atoms with van der Waals surface area (Å²) in [7, 11) is 1.64. The van der Waals surface area contributed by atoms with Crippen LogP contribution in [0.2, 0.25) is 0 Å². The first-order chi connectivity index (χ1) is 6.36. The standard InChI is InChI=1S/C9H13N3O/c1-3-7-8-6(4-10-7)9(13-2)12-5-11-8/h5,7,10H,3-4H2,1-2H3. The van der Waals surface area contributed by atoms with Gasteiger partial charge in [-0.2, -0.15) is 0 Å². The Kier molecular flexibility index (Phi) is 2.14. The topological polar surface area (TPSA) is 47.0 Å². The first-order valence-electron chi connectivity index (χ1n) is 4.48. The van der Waals surface area contributed by atoms with E-state index in [9.17, 15) is 0 Å². The van der Waals surface area contributed by atoms with Crippen LogP contribution >= 0.6 is 0 Å². The Hall–Kier alpha value is -1.16. The van der Waals surface area contributed by atoms with Crippen molar-refractivity contribution < 1.29 is 4.74 Å². The molecule has 0 saturated carbocycles. The lowest BCUT2D eigenvalue weighted by Gasteiger charge is -2.07. The van der Waals surface area contributed by atoms with Crippen LogP contribution in [0.5, 0.6) is 5.88 Å². The Morgan fingerprint density at radius 3 is 3.15 bits per heavy atom. The molecule has 1 aliphatic heterocycles. The van der Waals surface area contributed by atoms with Crippen molar-refractivity contribution in [2.24, 2.45) is 0 Å². The summed E-state index contributed by atoms with van der Waals surface area (Å²) in [5.74, 6) is 0.702. The molecule has 0 amide bonds. The summed E-state index contributed by atoms with van der Waals surface area (Å²) >= 11 is 0. The first-order valence-corrected chi connectivity index (χ1v) is 4.48. The van der Waals surface area contributed by atoms with Crippen LogP contribution in [0.4, 0.5) is 0 Å². The van der Waals surface area contributed by atoms with E-state index in [0.717, 1.165) is 24.2 Å². The lowest BCUT2D eigenvalue weighted by Crippen LogP contribution is -2.10. The molecule has 0 bridgehead atoms. The summed E-state index contributed by atoms with van der Waals surface area (Å²) in [5.41, 5.74) is 2.20. The van der Waals surface area contributed by atoms with Gasteiger partial charge in [0.2, 0.25) is 5.88 Å². The maximum absolute atomic E-state index is 5.16. The fourth-order valence-electron chi connectivity index (χ4n) is 1.71. The summed E-state index contributed by atoms with van der Waals surface area (Å²) in [6.45, 7) is 2.96. The van der Waals surface area contributed by atoms with E-state index in [0.29, 0.717) is 11.9 Å². The second-order valence-electron chi connectivity index (χ2n) is 3.09. The highest BCUT2D eigenvalue weighted by Gasteiger charge is 2.25. The molecule has 1 aromatic rings. The van der Waals surface area contributed by atoms with Crippen LogP contribution in [-0.4, -0.2) is 17.1 Å². The van der Waals surface area contributed by atoms with Crippen molar-refractivity contribution in [2.75, 3.05) is 7.11 Å². The number of aromatic nitrogens is 2. The molecule has 0 radical (unpaired) electrons. The average Bonchev–Trinajstić information content (AvgIpc) is 2.60. The van der Waals surface area contributed by atoms with Gasteiger partial charge in [0.15, 0.2) is 0 Å². The Balaban J connectivity index is 2.43. The molecular weight excluding hydrogens is 166 g/mol. The van der Waals surface area contributed by atoms with E-state index < -0.39 is 0 Å². The number of hydrogen-bond donors (Lipinski definition) is 1. The number of nitrogens with zero attached hydrogens (tertiary/aromatic N) is 2. The number of rotatable bonds is 2. The van der Waals surface area contributed by atoms with E-state index in [1.165, 1.54) is 0 Å². The van der Waals surface area contributed by atoms with Gasteiger partial charge in [-0.3, -0.25) is 0 Å². The van der Waals surface area contributed by atoms with E-state index in [-0.39, 0.29) is 0 Å². The molecule has 1 N–H and O–H groups in total. The van der Waals surface area contributed by atoms with Gasteiger partial charge in [-0.25, -0.2) is 9.97 Å². The number of nitrogens with one attached hydrogen (secondary N) is 1. The Morgan fingerprint density at radius 2 is 2.46 bits per heavy atom. The van der Waals surface area contributed by atoms with E-state index in [2.05, 4.69) is 22.2 Å². The maximum atomic E-state index is 5.16. The SMILES string of the molecule is CCC1NCc2c(OC)ncnc21. The molecule has 0 aromatic carbocycles. The molecular formula is C9H13N3O. The minimum Gasteiger partial charge on any atom is -0.481 e. The minimum absolute atomic E-state index is 0.367. The molecule has 1 atom stereocenters.